The van der Waals surface area contributed by atoms with E-state index in [2.05, 4.69) is 19.8 Å². The third kappa shape index (κ3) is 5.42. The lowest BCUT2D eigenvalue weighted by Crippen LogP contribution is -2.47. The zero-order chi connectivity index (χ0) is 20.8. The summed E-state index contributed by atoms with van der Waals surface area (Å²) >= 11 is 0. The van der Waals surface area contributed by atoms with Gasteiger partial charge in [-0.15, -0.1) is 0 Å². The maximum atomic E-state index is 8.64. The van der Waals surface area contributed by atoms with Gasteiger partial charge in [-0.1, -0.05) is 0 Å². The first-order valence-electron chi connectivity index (χ1n) is 9.91. The molecule has 1 fully saturated rings. The first-order valence-corrected chi connectivity index (χ1v) is 9.91. The Bertz CT molecular complexity index is 834. The van der Waals surface area contributed by atoms with Gasteiger partial charge >= 0.3 is 0 Å². The van der Waals surface area contributed by atoms with E-state index in [-0.39, 0.29) is 11.8 Å². The van der Waals surface area contributed by atoms with E-state index in [1.54, 1.807) is 19.2 Å². The number of nitrogens with one attached hydrogen (secondary N) is 1. The highest BCUT2D eigenvalue weighted by Gasteiger charge is 2.19. The number of aromatic nitrogens is 2. The van der Waals surface area contributed by atoms with Crippen LogP contribution in [0, 0.1) is 5.41 Å². The molecule has 8 nitrogen and oxygen atoms in total. The quantitative estimate of drug-likeness (QED) is 0.518. The predicted octanol–water partition coefficient (Wildman–Crippen LogP) is 2.03. The SMILES string of the molecule is COCCN1CCN(c2cc(C(=N)c3cc(OC(C)C)ccc3N)ncn2)CC1. The van der Waals surface area contributed by atoms with Crippen LogP contribution in [0.3, 0.4) is 0 Å². The predicted molar refractivity (Wildman–Crippen MR) is 115 cm³/mol. The number of methoxy groups -OCH3 is 1. The van der Waals surface area contributed by atoms with Crippen molar-refractivity contribution < 1.29 is 9.47 Å². The Kier molecular flexibility index (Phi) is 7.00. The number of anilines is 2. The third-order valence-electron chi connectivity index (χ3n) is 4.88. The second-order valence-electron chi connectivity index (χ2n) is 7.37. The van der Waals surface area contributed by atoms with Gasteiger partial charge in [-0.25, -0.2) is 9.97 Å². The summed E-state index contributed by atoms with van der Waals surface area (Å²) in [5, 5.41) is 8.64. The average Bonchev–Trinajstić information content (AvgIpc) is 2.73. The third-order valence-corrected chi connectivity index (χ3v) is 4.88. The van der Waals surface area contributed by atoms with Gasteiger partial charge in [-0.3, -0.25) is 10.3 Å². The molecule has 0 aliphatic carbocycles. The van der Waals surface area contributed by atoms with E-state index < -0.39 is 0 Å². The van der Waals surface area contributed by atoms with Gasteiger partial charge in [0.25, 0.3) is 0 Å². The fraction of sp³-hybridized carbons (Fsp3) is 0.476. The van der Waals surface area contributed by atoms with Crippen LogP contribution < -0.4 is 15.4 Å². The number of rotatable bonds is 8. The molecule has 8 heteroatoms. The fourth-order valence-electron chi connectivity index (χ4n) is 3.31. The minimum Gasteiger partial charge on any atom is -0.491 e. The summed E-state index contributed by atoms with van der Waals surface area (Å²) in [7, 11) is 1.73. The van der Waals surface area contributed by atoms with Gasteiger partial charge in [0.1, 0.15) is 17.9 Å². The molecule has 0 amide bonds. The molecular formula is C21H30N6O2. The summed E-state index contributed by atoms with van der Waals surface area (Å²) in [6, 6.07) is 7.25. The molecule has 0 unspecified atom stereocenters. The monoisotopic (exact) mass is 398 g/mol. The van der Waals surface area contributed by atoms with E-state index in [9.17, 15) is 0 Å². The molecule has 3 rings (SSSR count). The maximum Gasteiger partial charge on any atom is 0.132 e. The van der Waals surface area contributed by atoms with Crippen molar-refractivity contribution in [1.29, 1.82) is 5.41 Å². The number of nitrogens with two attached hydrogens (primary N) is 1. The van der Waals surface area contributed by atoms with E-state index >= 15 is 0 Å². The van der Waals surface area contributed by atoms with Crippen LogP contribution in [0.2, 0.25) is 0 Å². The van der Waals surface area contributed by atoms with E-state index in [0.717, 1.165) is 45.1 Å². The highest BCUT2D eigenvalue weighted by molar-refractivity contribution is 6.13. The second-order valence-corrected chi connectivity index (χ2v) is 7.37. The molecule has 1 aromatic carbocycles. The van der Waals surface area contributed by atoms with E-state index in [0.29, 0.717) is 22.7 Å². The number of nitrogens with zero attached hydrogens (tertiary/aromatic N) is 4. The number of piperazine rings is 1. The van der Waals surface area contributed by atoms with Crippen LogP contribution in [-0.2, 0) is 4.74 Å². The first-order chi connectivity index (χ1) is 14.0. The summed E-state index contributed by atoms with van der Waals surface area (Å²) in [6.07, 6.45) is 1.56. The lowest BCUT2D eigenvalue weighted by atomic mass is 10.0. The Morgan fingerprint density at radius 1 is 1.17 bits per heavy atom. The Hall–Kier alpha value is -2.71. The van der Waals surface area contributed by atoms with Crippen LogP contribution in [0.4, 0.5) is 11.5 Å². The van der Waals surface area contributed by atoms with Crippen LogP contribution in [-0.4, -0.2) is 73.1 Å². The smallest absolute Gasteiger partial charge is 0.132 e. The second kappa shape index (κ2) is 9.67. The minimum absolute atomic E-state index is 0.0499. The number of hydrogen-bond acceptors (Lipinski definition) is 8. The van der Waals surface area contributed by atoms with E-state index in [1.807, 2.05) is 26.0 Å². The molecular weight excluding hydrogens is 368 g/mol. The number of benzene rings is 1. The number of hydrogen-bond donors (Lipinski definition) is 2. The zero-order valence-corrected chi connectivity index (χ0v) is 17.4. The topological polar surface area (TPSA) is 101 Å². The van der Waals surface area contributed by atoms with Gasteiger partial charge < -0.3 is 20.1 Å². The molecule has 0 bridgehead atoms. The Balaban J connectivity index is 1.74. The molecule has 1 aliphatic heterocycles. The van der Waals surface area contributed by atoms with Crippen molar-refractivity contribution in [3.05, 3.63) is 41.9 Å². The average molecular weight is 399 g/mol. The van der Waals surface area contributed by atoms with Gasteiger partial charge in [-0.2, -0.15) is 0 Å². The van der Waals surface area contributed by atoms with Crippen molar-refractivity contribution in [2.75, 3.05) is 57.1 Å². The molecule has 3 N–H and O–H groups in total. The minimum atomic E-state index is 0.0499. The van der Waals surface area contributed by atoms with Crippen molar-refractivity contribution in [3.8, 4) is 5.75 Å². The lowest BCUT2D eigenvalue weighted by molar-refractivity contribution is 0.144. The molecule has 2 aromatic rings. The van der Waals surface area contributed by atoms with Gasteiger partial charge in [-0.05, 0) is 32.0 Å². The molecule has 0 spiro atoms. The van der Waals surface area contributed by atoms with Crippen LogP contribution in [0.1, 0.15) is 25.1 Å². The van der Waals surface area contributed by atoms with Gasteiger partial charge in [0.2, 0.25) is 0 Å². The molecule has 0 atom stereocenters. The summed E-state index contributed by atoms with van der Waals surface area (Å²) in [5.74, 6) is 1.52. The molecule has 1 aromatic heterocycles. The van der Waals surface area contributed by atoms with Crippen molar-refractivity contribution >= 4 is 17.2 Å². The van der Waals surface area contributed by atoms with Crippen LogP contribution >= 0.6 is 0 Å². The van der Waals surface area contributed by atoms with E-state index in [4.69, 9.17) is 20.6 Å². The summed E-state index contributed by atoms with van der Waals surface area (Å²) in [4.78, 5) is 13.3. The van der Waals surface area contributed by atoms with Crippen molar-refractivity contribution in [2.45, 2.75) is 20.0 Å². The number of nitrogen functional groups attached to an aromatic ring is 1. The van der Waals surface area contributed by atoms with Crippen LogP contribution in [0.25, 0.3) is 0 Å². The Morgan fingerprint density at radius 2 is 1.93 bits per heavy atom. The molecule has 156 valence electrons. The summed E-state index contributed by atoms with van der Waals surface area (Å²) in [6.45, 7) is 9.30. The van der Waals surface area contributed by atoms with E-state index in [1.165, 1.54) is 6.33 Å². The van der Waals surface area contributed by atoms with Gasteiger partial charge in [0.15, 0.2) is 0 Å². The van der Waals surface area contributed by atoms with Crippen LogP contribution in [0.15, 0.2) is 30.6 Å². The Morgan fingerprint density at radius 3 is 2.62 bits per heavy atom. The molecule has 2 heterocycles. The highest BCUT2D eigenvalue weighted by atomic mass is 16.5. The maximum absolute atomic E-state index is 8.64. The summed E-state index contributed by atoms with van der Waals surface area (Å²) in [5.41, 5.74) is 8.07. The number of ether oxygens (including phenoxy) is 2. The summed E-state index contributed by atoms with van der Waals surface area (Å²) < 4.78 is 10.9. The highest BCUT2D eigenvalue weighted by Crippen LogP contribution is 2.24. The lowest BCUT2D eigenvalue weighted by Gasteiger charge is -2.35. The van der Waals surface area contributed by atoms with Gasteiger partial charge in [0.05, 0.1) is 24.1 Å². The zero-order valence-electron chi connectivity index (χ0n) is 17.4. The molecule has 0 radical (unpaired) electrons. The molecule has 1 saturated heterocycles. The molecule has 0 saturated carbocycles. The normalized spacial score (nSPS) is 15.0. The van der Waals surface area contributed by atoms with Gasteiger partial charge in [0, 0.05) is 57.2 Å². The fourth-order valence-corrected chi connectivity index (χ4v) is 3.31. The Labute approximate surface area is 172 Å². The standard InChI is InChI=1S/C21H30N6O2/c1-15(2)29-16-4-5-18(22)17(12-16)21(23)19-13-20(25-14-24-19)27-8-6-26(7-9-27)10-11-28-3/h4-5,12-15,23H,6-11,22H2,1-3H3. The largest absolute Gasteiger partial charge is 0.491 e. The van der Waals surface area contributed by atoms with Crippen molar-refractivity contribution in [3.63, 3.8) is 0 Å². The molecule has 29 heavy (non-hydrogen) atoms. The van der Waals surface area contributed by atoms with Crippen molar-refractivity contribution in [2.24, 2.45) is 0 Å². The van der Waals surface area contributed by atoms with Crippen molar-refractivity contribution in [1.82, 2.24) is 14.9 Å². The first kappa shape index (κ1) is 21.0. The van der Waals surface area contributed by atoms with Crippen LogP contribution in [0.5, 0.6) is 5.75 Å². The molecule has 1 aliphatic rings.